The van der Waals surface area contributed by atoms with Gasteiger partial charge in [0.2, 0.25) is 6.79 Å². The van der Waals surface area contributed by atoms with Crippen LogP contribution in [-0.4, -0.2) is 57.1 Å². The van der Waals surface area contributed by atoms with Gasteiger partial charge in [-0.3, -0.25) is 0 Å². The summed E-state index contributed by atoms with van der Waals surface area (Å²) in [6.07, 6.45) is 5.41. The highest BCUT2D eigenvalue weighted by Crippen LogP contribution is 2.41. The second-order valence-electron chi connectivity index (χ2n) is 7.03. The molecule has 154 valence electrons. The van der Waals surface area contributed by atoms with E-state index in [1.54, 1.807) is 29.4 Å². The molecule has 3 heterocycles. The van der Waals surface area contributed by atoms with Crippen molar-refractivity contribution in [3.05, 3.63) is 47.3 Å². The number of hydrogen-bond acceptors (Lipinski definition) is 8. The highest BCUT2D eigenvalue weighted by Gasteiger charge is 2.36. The lowest BCUT2D eigenvalue weighted by Gasteiger charge is -2.31. The average molecular weight is 401 g/mol. The molecule has 1 aromatic carbocycles. The molecule has 1 saturated heterocycles. The van der Waals surface area contributed by atoms with Gasteiger partial charge in [0, 0.05) is 25.6 Å². The Labute approximate surface area is 168 Å². The predicted molar refractivity (Wildman–Crippen MR) is 101 cm³/mol. The summed E-state index contributed by atoms with van der Waals surface area (Å²) in [5, 5.41) is 0. The van der Waals surface area contributed by atoms with Gasteiger partial charge in [-0.25, -0.2) is 9.59 Å². The first-order valence-corrected chi connectivity index (χ1v) is 9.47. The molecule has 29 heavy (non-hydrogen) atoms. The van der Waals surface area contributed by atoms with Crippen LogP contribution in [0.1, 0.15) is 24.3 Å². The fourth-order valence-electron chi connectivity index (χ4n) is 3.87. The molecule has 0 amide bonds. The van der Waals surface area contributed by atoms with Crippen LogP contribution < -0.4 is 9.47 Å². The van der Waals surface area contributed by atoms with Crippen molar-refractivity contribution in [1.29, 1.82) is 0 Å². The lowest BCUT2D eigenvalue weighted by molar-refractivity contribution is -0.137. The summed E-state index contributed by atoms with van der Waals surface area (Å²) in [4.78, 5) is 27.1. The molecule has 0 radical (unpaired) electrons. The summed E-state index contributed by atoms with van der Waals surface area (Å²) < 4.78 is 26.6. The zero-order valence-corrected chi connectivity index (χ0v) is 16.4. The van der Waals surface area contributed by atoms with E-state index in [0.29, 0.717) is 34.8 Å². The predicted octanol–water partition coefficient (Wildman–Crippen LogP) is 2.11. The van der Waals surface area contributed by atoms with Crippen molar-refractivity contribution in [1.82, 2.24) is 4.90 Å². The van der Waals surface area contributed by atoms with Crippen LogP contribution in [0.15, 0.2) is 41.7 Å². The van der Waals surface area contributed by atoms with Gasteiger partial charge in [-0.1, -0.05) is 6.07 Å². The van der Waals surface area contributed by atoms with E-state index in [0.717, 1.165) is 19.4 Å². The largest absolute Gasteiger partial charge is 0.466 e. The number of esters is 2. The smallest absolute Gasteiger partial charge is 0.336 e. The Kier molecular flexibility index (Phi) is 5.44. The maximum atomic E-state index is 12.6. The first kappa shape index (κ1) is 19.3. The number of rotatable bonds is 5. The van der Waals surface area contributed by atoms with E-state index in [2.05, 4.69) is 0 Å². The number of ether oxygens (including phenoxy) is 5. The van der Waals surface area contributed by atoms with E-state index in [1.165, 1.54) is 14.2 Å². The Morgan fingerprint density at radius 2 is 1.76 bits per heavy atom. The molecule has 8 heteroatoms. The quantitative estimate of drug-likeness (QED) is 0.694. The van der Waals surface area contributed by atoms with Crippen LogP contribution in [0.4, 0.5) is 0 Å². The Morgan fingerprint density at radius 3 is 2.38 bits per heavy atom. The second kappa shape index (κ2) is 8.16. The molecule has 4 rings (SSSR count). The Bertz CT molecular complexity index is 836. The molecule has 0 N–H and O–H groups in total. The van der Waals surface area contributed by atoms with Crippen LogP contribution >= 0.6 is 0 Å². The SMILES string of the molecule is COC(=O)C1=CN(C[C@@H]2CCCO2)C=C(C(=O)OC)C1c1ccc2c(c1)OCO2. The highest BCUT2D eigenvalue weighted by atomic mass is 16.7. The summed E-state index contributed by atoms with van der Waals surface area (Å²) in [6.45, 7) is 1.40. The van der Waals surface area contributed by atoms with E-state index in [9.17, 15) is 9.59 Å². The van der Waals surface area contributed by atoms with Gasteiger partial charge in [0.1, 0.15) is 0 Å². The van der Waals surface area contributed by atoms with Crippen LogP contribution in [0.3, 0.4) is 0 Å². The topological polar surface area (TPSA) is 83.5 Å². The summed E-state index contributed by atoms with van der Waals surface area (Å²) in [5.41, 5.74) is 1.39. The van der Waals surface area contributed by atoms with E-state index >= 15 is 0 Å². The first-order chi connectivity index (χ1) is 14.1. The van der Waals surface area contributed by atoms with Gasteiger partial charge in [-0.2, -0.15) is 0 Å². The Balaban J connectivity index is 1.74. The fraction of sp³-hybridized carbons (Fsp3) is 0.429. The summed E-state index contributed by atoms with van der Waals surface area (Å²) in [5.74, 6) is -0.487. The minimum Gasteiger partial charge on any atom is -0.466 e. The molecule has 0 saturated carbocycles. The Morgan fingerprint density at radius 1 is 1.07 bits per heavy atom. The number of hydrogen-bond donors (Lipinski definition) is 0. The molecular weight excluding hydrogens is 378 g/mol. The molecule has 8 nitrogen and oxygen atoms in total. The summed E-state index contributed by atoms with van der Waals surface area (Å²) in [7, 11) is 2.64. The molecule has 0 unspecified atom stereocenters. The zero-order valence-electron chi connectivity index (χ0n) is 16.4. The maximum Gasteiger partial charge on any atom is 0.336 e. The number of nitrogens with zero attached hydrogens (tertiary/aromatic N) is 1. The molecular formula is C21H23NO7. The third kappa shape index (κ3) is 3.80. The summed E-state index contributed by atoms with van der Waals surface area (Å²) >= 11 is 0. The number of carbonyl (C=O) groups is 2. The fourth-order valence-corrected chi connectivity index (χ4v) is 3.87. The third-order valence-corrected chi connectivity index (χ3v) is 5.24. The van der Waals surface area contributed by atoms with E-state index in [-0.39, 0.29) is 12.9 Å². The van der Waals surface area contributed by atoms with Gasteiger partial charge in [-0.05, 0) is 30.5 Å². The molecule has 0 bridgehead atoms. The van der Waals surface area contributed by atoms with Gasteiger partial charge in [0.15, 0.2) is 11.5 Å². The molecule has 0 aliphatic carbocycles. The van der Waals surface area contributed by atoms with Crippen molar-refractivity contribution < 1.29 is 33.3 Å². The highest BCUT2D eigenvalue weighted by molar-refractivity contribution is 5.98. The maximum absolute atomic E-state index is 12.6. The van der Waals surface area contributed by atoms with Crippen molar-refractivity contribution in [2.45, 2.75) is 24.9 Å². The number of fused-ring (bicyclic) bond motifs is 1. The lowest BCUT2D eigenvalue weighted by atomic mass is 9.83. The zero-order chi connectivity index (χ0) is 20.4. The van der Waals surface area contributed by atoms with Crippen molar-refractivity contribution >= 4 is 11.9 Å². The number of methoxy groups -OCH3 is 2. The van der Waals surface area contributed by atoms with Gasteiger partial charge in [0.25, 0.3) is 0 Å². The van der Waals surface area contributed by atoms with Gasteiger partial charge >= 0.3 is 11.9 Å². The molecule has 1 aromatic rings. The normalized spacial score (nSPS) is 20.9. The third-order valence-electron chi connectivity index (χ3n) is 5.24. The van der Waals surface area contributed by atoms with Crippen LogP contribution in [-0.2, 0) is 23.8 Å². The van der Waals surface area contributed by atoms with E-state index < -0.39 is 17.9 Å². The molecule has 0 spiro atoms. The van der Waals surface area contributed by atoms with Crippen molar-refractivity contribution in [2.75, 3.05) is 34.2 Å². The molecule has 1 fully saturated rings. The van der Waals surface area contributed by atoms with Crippen LogP contribution in [0.2, 0.25) is 0 Å². The first-order valence-electron chi connectivity index (χ1n) is 9.47. The van der Waals surface area contributed by atoms with E-state index in [4.69, 9.17) is 23.7 Å². The number of benzene rings is 1. The average Bonchev–Trinajstić information content (AvgIpc) is 3.43. The lowest BCUT2D eigenvalue weighted by Crippen LogP contribution is -2.32. The van der Waals surface area contributed by atoms with E-state index in [1.807, 2.05) is 6.07 Å². The van der Waals surface area contributed by atoms with Crippen molar-refractivity contribution in [3.8, 4) is 11.5 Å². The molecule has 3 aliphatic heterocycles. The minimum atomic E-state index is -0.648. The van der Waals surface area contributed by atoms with Crippen LogP contribution in [0, 0.1) is 0 Å². The molecule has 0 aromatic heterocycles. The molecule has 1 atom stereocenters. The standard InChI is InChI=1S/C21H23NO7/c1-25-20(23)15-10-22(9-14-4-3-7-27-14)11-16(21(24)26-2)19(15)13-5-6-17-18(8-13)29-12-28-17/h5-6,8,10-11,14,19H,3-4,7,9,12H2,1-2H3/t14-/m0/s1. The van der Waals surface area contributed by atoms with Gasteiger partial charge < -0.3 is 28.6 Å². The Hall–Kier alpha value is -3.00. The minimum absolute atomic E-state index is 0.0439. The summed E-state index contributed by atoms with van der Waals surface area (Å²) in [6, 6.07) is 5.35. The number of carbonyl (C=O) groups excluding carboxylic acids is 2. The van der Waals surface area contributed by atoms with Crippen molar-refractivity contribution in [3.63, 3.8) is 0 Å². The van der Waals surface area contributed by atoms with Gasteiger partial charge in [-0.15, -0.1) is 0 Å². The molecule has 3 aliphatic rings. The van der Waals surface area contributed by atoms with Gasteiger partial charge in [0.05, 0.1) is 37.4 Å². The van der Waals surface area contributed by atoms with Crippen LogP contribution in [0.5, 0.6) is 11.5 Å². The van der Waals surface area contributed by atoms with Crippen molar-refractivity contribution in [2.24, 2.45) is 0 Å². The second-order valence-corrected chi connectivity index (χ2v) is 7.03. The van der Waals surface area contributed by atoms with Crippen LogP contribution in [0.25, 0.3) is 0 Å². The monoisotopic (exact) mass is 401 g/mol.